The van der Waals surface area contributed by atoms with E-state index >= 15 is 0 Å². The maximum Gasteiger partial charge on any atom is 0.255 e. The zero-order valence-corrected chi connectivity index (χ0v) is 13.5. The standard InChI is InChI=1S/C16H15N3OS2/c20-16-12-10-19(9-11-3-1-7-21-11)6-5-13(12)17-15(18-16)14-4-2-8-22-14/h1-4,7-8H,5-6,9-10H2,(H,17,18,20). The molecule has 112 valence electrons. The van der Waals surface area contributed by atoms with Crippen molar-refractivity contribution in [2.75, 3.05) is 6.54 Å². The fraction of sp³-hybridized carbons (Fsp3) is 0.250. The van der Waals surface area contributed by atoms with Gasteiger partial charge in [-0.3, -0.25) is 9.69 Å². The van der Waals surface area contributed by atoms with Crippen LogP contribution in [0.25, 0.3) is 10.7 Å². The lowest BCUT2D eigenvalue weighted by Gasteiger charge is -2.27. The van der Waals surface area contributed by atoms with Crippen molar-refractivity contribution in [3.8, 4) is 10.7 Å². The van der Waals surface area contributed by atoms with Crippen LogP contribution in [0, 0.1) is 0 Å². The second-order valence-corrected chi connectivity index (χ2v) is 7.34. The summed E-state index contributed by atoms with van der Waals surface area (Å²) in [6.45, 7) is 2.54. The van der Waals surface area contributed by atoms with Crippen LogP contribution < -0.4 is 5.56 Å². The van der Waals surface area contributed by atoms with Gasteiger partial charge in [0.1, 0.15) is 0 Å². The first-order valence-electron chi connectivity index (χ1n) is 7.20. The van der Waals surface area contributed by atoms with Crippen molar-refractivity contribution in [3.05, 3.63) is 61.5 Å². The normalized spacial score (nSPS) is 14.9. The monoisotopic (exact) mass is 329 g/mol. The number of aromatic nitrogens is 2. The first-order valence-corrected chi connectivity index (χ1v) is 8.96. The minimum Gasteiger partial charge on any atom is -0.306 e. The molecule has 4 heterocycles. The van der Waals surface area contributed by atoms with Crippen LogP contribution in [-0.4, -0.2) is 21.4 Å². The molecule has 0 atom stereocenters. The molecule has 1 aliphatic heterocycles. The van der Waals surface area contributed by atoms with Crippen LogP contribution in [0.1, 0.15) is 16.1 Å². The maximum atomic E-state index is 12.4. The molecule has 1 aliphatic rings. The molecule has 0 radical (unpaired) electrons. The van der Waals surface area contributed by atoms with Gasteiger partial charge in [-0.2, -0.15) is 0 Å². The number of fused-ring (bicyclic) bond motifs is 1. The van der Waals surface area contributed by atoms with Crippen molar-refractivity contribution in [2.24, 2.45) is 0 Å². The molecule has 22 heavy (non-hydrogen) atoms. The third kappa shape index (κ3) is 2.65. The van der Waals surface area contributed by atoms with Crippen molar-refractivity contribution in [1.82, 2.24) is 14.9 Å². The largest absolute Gasteiger partial charge is 0.306 e. The minimum atomic E-state index is 0.00396. The smallest absolute Gasteiger partial charge is 0.255 e. The predicted octanol–water partition coefficient (Wildman–Crippen LogP) is 3.12. The fourth-order valence-electron chi connectivity index (χ4n) is 2.77. The van der Waals surface area contributed by atoms with Gasteiger partial charge in [-0.05, 0) is 22.9 Å². The molecule has 6 heteroatoms. The summed E-state index contributed by atoms with van der Waals surface area (Å²) in [6.07, 6.45) is 0.836. The van der Waals surface area contributed by atoms with Crippen LogP contribution in [-0.2, 0) is 19.5 Å². The average molecular weight is 329 g/mol. The Morgan fingerprint density at radius 1 is 1.23 bits per heavy atom. The number of thiophene rings is 2. The van der Waals surface area contributed by atoms with Crippen molar-refractivity contribution < 1.29 is 0 Å². The summed E-state index contributed by atoms with van der Waals surface area (Å²) in [5.41, 5.74) is 1.78. The Balaban J connectivity index is 1.61. The summed E-state index contributed by atoms with van der Waals surface area (Å²) in [4.78, 5) is 24.7. The topological polar surface area (TPSA) is 49.0 Å². The summed E-state index contributed by atoms with van der Waals surface area (Å²) in [5, 5.41) is 4.09. The van der Waals surface area contributed by atoms with E-state index in [1.165, 1.54) is 4.88 Å². The maximum absolute atomic E-state index is 12.4. The lowest BCUT2D eigenvalue weighted by molar-refractivity contribution is 0.244. The number of nitrogens with one attached hydrogen (secondary N) is 1. The Morgan fingerprint density at radius 2 is 2.09 bits per heavy atom. The highest BCUT2D eigenvalue weighted by atomic mass is 32.1. The second-order valence-electron chi connectivity index (χ2n) is 5.36. The van der Waals surface area contributed by atoms with Gasteiger partial charge in [-0.25, -0.2) is 4.98 Å². The van der Waals surface area contributed by atoms with Gasteiger partial charge in [-0.15, -0.1) is 22.7 Å². The van der Waals surface area contributed by atoms with E-state index in [0.717, 1.165) is 35.6 Å². The van der Waals surface area contributed by atoms with Crippen molar-refractivity contribution in [3.63, 3.8) is 0 Å². The number of rotatable bonds is 3. The molecule has 0 bridgehead atoms. The van der Waals surface area contributed by atoms with Crippen LogP contribution in [0.3, 0.4) is 0 Å². The molecular weight excluding hydrogens is 314 g/mol. The van der Waals surface area contributed by atoms with Crippen molar-refractivity contribution >= 4 is 22.7 Å². The molecule has 3 aromatic heterocycles. The van der Waals surface area contributed by atoms with Gasteiger partial charge in [-0.1, -0.05) is 12.1 Å². The van der Waals surface area contributed by atoms with E-state index < -0.39 is 0 Å². The Kier molecular flexibility index (Phi) is 3.65. The van der Waals surface area contributed by atoms with E-state index in [-0.39, 0.29) is 5.56 Å². The summed E-state index contributed by atoms with van der Waals surface area (Å²) >= 11 is 3.36. The second kappa shape index (κ2) is 5.79. The lowest BCUT2D eigenvalue weighted by Crippen LogP contribution is -2.35. The molecular formula is C16H15N3OS2. The Labute approximate surface area is 136 Å². The van der Waals surface area contributed by atoms with Gasteiger partial charge in [0, 0.05) is 30.9 Å². The van der Waals surface area contributed by atoms with Gasteiger partial charge >= 0.3 is 0 Å². The summed E-state index contributed by atoms with van der Waals surface area (Å²) in [6, 6.07) is 8.17. The molecule has 0 fully saturated rings. The number of aromatic amines is 1. The molecule has 0 saturated heterocycles. The van der Waals surface area contributed by atoms with E-state index in [1.54, 1.807) is 22.7 Å². The number of hydrogen-bond donors (Lipinski definition) is 1. The van der Waals surface area contributed by atoms with Crippen LogP contribution in [0.5, 0.6) is 0 Å². The zero-order chi connectivity index (χ0) is 14.9. The lowest BCUT2D eigenvalue weighted by atomic mass is 10.1. The highest BCUT2D eigenvalue weighted by molar-refractivity contribution is 7.13. The Bertz CT molecular complexity index is 822. The third-order valence-corrected chi connectivity index (χ3v) is 5.60. The van der Waals surface area contributed by atoms with Crippen molar-refractivity contribution in [2.45, 2.75) is 19.5 Å². The molecule has 0 aromatic carbocycles. The Hall–Kier alpha value is -1.76. The van der Waals surface area contributed by atoms with Crippen LogP contribution in [0.2, 0.25) is 0 Å². The highest BCUT2D eigenvalue weighted by Crippen LogP contribution is 2.23. The zero-order valence-electron chi connectivity index (χ0n) is 11.9. The quantitative estimate of drug-likeness (QED) is 0.803. The van der Waals surface area contributed by atoms with E-state index in [9.17, 15) is 4.79 Å². The van der Waals surface area contributed by atoms with Crippen molar-refractivity contribution in [1.29, 1.82) is 0 Å². The van der Waals surface area contributed by atoms with Crippen LogP contribution in [0.4, 0.5) is 0 Å². The number of hydrogen-bond acceptors (Lipinski definition) is 5. The predicted molar refractivity (Wildman–Crippen MR) is 90.3 cm³/mol. The molecule has 1 N–H and O–H groups in total. The molecule has 0 saturated carbocycles. The average Bonchev–Trinajstić information content (AvgIpc) is 3.20. The fourth-order valence-corrected chi connectivity index (χ4v) is 4.18. The molecule has 4 nitrogen and oxygen atoms in total. The van der Waals surface area contributed by atoms with E-state index in [1.807, 2.05) is 17.5 Å². The van der Waals surface area contributed by atoms with Gasteiger partial charge in [0.2, 0.25) is 0 Å². The summed E-state index contributed by atoms with van der Waals surface area (Å²) in [7, 11) is 0. The van der Waals surface area contributed by atoms with Gasteiger partial charge in [0.25, 0.3) is 5.56 Å². The van der Waals surface area contributed by atoms with E-state index in [0.29, 0.717) is 12.4 Å². The molecule has 0 aliphatic carbocycles. The molecule has 4 rings (SSSR count). The highest BCUT2D eigenvalue weighted by Gasteiger charge is 2.21. The van der Waals surface area contributed by atoms with Crippen LogP contribution in [0.15, 0.2) is 39.8 Å². The van der Waals surface area contributed by atoms with Gasteiger partial charge in [0.15, 0.2) is 5.82 Å². The molecule has 3 aromatic rings. The summed E-state index contributed by atoms with van der Waals surface area (Å²) < 4.78 is 0. The SMILES string of the molecule is O=c1[nH]c(-c2cccs2)nc2c1CN(Cc1cccs1)CC2. The van der Waals surface area contributed by atoms with E-state index in [2.05, 4.69) is 32.4 Å². The molecule has 0 amide bonds. The first kappa shape index (κ1) is 13.9. The molecule has 0 spiro atoms. The summed E-state index contributed by atoms with van der Waals surface area (Å²) in [5.74, 6) is 0.699. The number of nitrogens with zero attached hydrogens (tertiary/aromatic N) is 2. The first-order chi connectivity index (χ1) is 10.8. The molecule has 0 unspecified atom stereocenters. The number of H-pyrrole nitrogens is 1. The van der Waals surface area contributed by atoms with Gasteiger partial charge in [0.05, 0.1) is 16.1 Å². The van der Waals surface area contributed by atoms with Gasteiger partial charge < -0.3 is 4.98 Å². The third-order valence-electron chi connectivity index (χ3n) is 3.86. The van der Waals surface area contributed by atoms with E-state index in [4.69, 9.17) is 0 Å². The minimum absolute atomic E-state index is 0.00396. The Morgan fingerprint density at radius 3 is 2.86 bits per heavy atom. The van der Waals surface area contributed by atoms with Crippen LogP contribution >= 0.6 is 22.7 Å².